The maximum Gasteiger partial charge on any atom is 0.323 e. The monoisotopic (exact) mass is 536 g/mol. The molecule has 0 radical (unpaired) electrons. The fraction of sp³-hybridized carbons (Fsp3) is 0.286. The number of carbonyl (C=O) groups is 3. The molecule has 0 aliphatic rings. The molecule has 2 aromatic rings. The maximum atomic E-state index is 12.5. The highest BCUT2D eigenvalue weighted by atomic mass is 16.6. The van der Waals surface area contributed by atoms with Crippen molar-refractivity contribution < 1.29 is 44.7 Å². The van der Waals surface area contributed by atoms with Crippen molar-refractivity contribution in [1.82, 2.24) is 10.6 Å². The second-order valence-corrected chi connectivity index (χ2v) is 7.76. The van der Waals surface area contributed by atoms with Crippen molar-refractivity contribution in [2.24, 2.45) is 5.73 Å². The van der Waals surface area contributed by atoms with Crippen LogP contribution >= 0.6 is 0 Å². The van der Waals surface area contributed by atoms with Gasteiger partial charge >= 0.3 is 6.03 Å². The van der Waals surface area contributed by atoms with E-state index in [4.69, 9.17) is 15.9 Å². The summed E-state index contributed by atoms with van der Waals surface area (Å²) in [5.41, 5.74) is 2.71. The van der Waals surface area contributed by atoms with E-state index in [9.17, 15) is 44.8 Å². The molecule has 0 saturated carbocycles. The van der Waals surface area contributed by atoms with Crippen LogP contribution < -0.4 is 21.3 Å². The van der Waals surface area contributed by atoms with Crippen LogP contribution in [0.15, 0.2) is 36.4 Å². The number of anilines is 2. The summed E-state index contributed by atoms with van der Waals surface area (Å²) in [6.07, 6.45) is -2.63. The van der Waals surface area contributed by atoms with Crippen LogP contribution in [0.1, 0.15) is 20.7 Å². The summed E-state index contributed by atoms with van der Waals surface area (Å²) < 4.78 is 0. The third-order valence-electron chi connectivity index (χ3n) is 4.91. The Hall–Kier alpha value is -4.71. The fourth-order valence-corrected chi connectivity index (χ4v) is 3.08. The van der Waals surface area contributed by atoms with Gasteiger partial charge in [0.05, 0.1) is 46.6 Å². The third-order valence-corrected chi connectivity index (χ3v) is 4.91. The lowest BCUT2D eigenvalue weighted by Crippen LogP contribution is -2.35. The Morgan fingerprint density at radius 3 is 1.45 bits per heavy atom. The van der Waals surface area contributed by atoms with Crippen LogP contribution in [0.5, 0.6) is 0 Å². The number of aliphatic hydroxyl groups is 4. The molecule has 2 aromatic carbocycles. The van der Waals surface area contributed by atoms with Gasteiger partial charge in [-0.15, -0.1) is 0 Å². The number of benzene rings is 2. The number of nitrogens with two attached hydrogens (primary N) is 1. The smallest absolute Gasteiger partial charge is 0.323 e. The highest BCUT2D eigenvalue weighted by molar-refractivity contribution is 6.03. The molecule has 204 valence electrons. The molecule has 0 spiro atoms. The van der Waals surface area contributed by atoms with Gasteiger partial charge in [0.15, 0.2) is 0 Å². The number of nitro benzene ring substituents is 2. The summed E-state index contributed by atoms with van der Waals surface area (Å²) in [4.78, 5) is 59.3. The molecule has 0 aromatic heterocycles. The first-order chi connectivity index (χ1) is 17.9. The second kappa shape index (κ2) is 13.0. The highest BCUT2D eigenvalue weighted by Crippen LogP contribution is 2.33. The van der Waals surface area contributed by atoms with Crippen molar-refractivity contribution in [3.8, 4) is 0 Å². The van der Waals surface area contributed by atoms with E-state index < -0.39 is 77.6 Å². The SMILES string of the molecule is NC(=O)N(c1cc(C(=O)NCC(O)CO)cc([N+](=O)[O-])c1)c1cc(C(=O)NCC(O)CO)cc([N+](=O)[O-])c1. The minimum Gasteiger partial charge on any atom is -0.394 e. The fourth-order valence-electron chi connectivity index (χ4n) is 3.08. The molecule has 0 heterocycles. The highest BCUT2D eigenvalue weighted by Gasteiger charge is 2.25. The summed E-state index contributed by atoms with van der Waals surface area (Å²) in [5.74, 6) is -1.85. The molecule has 4 amide bonds. The molecule has 0 bridgehead atoms. The standard InChI is InChI=1S/C21H24N6O11/c22-21(34)25(13-1-11(3-15(5-13)26(35)36)19(32)23-7-17(30)9-28)14-2-12(4-16(6-14)27(37)38)20(33)24-8-18(31)10-29/h1-6,17-18,28-31H,7-10H2,(H2,22,34)(H,23,32)(H,24,33). The predicted octanol–water partition coefficient (Wildman–Crippen LogP) is -1.11. The number of hydrogen-bond acceptors (Lipinski definition) is 11. The van der Waals surface area contributed by atoms with Crippen LogP contribution in [-0.2, 0) is 0 Å². The molecule has 2 unspecified atom stereocenters. The molecule has 0 saturated heterocycles. The Bertz CT molecular complexity index is 1150. The third kappa shape index (κ3) is 7.64. The number of hydrogen-bond donors (Lipinski definition) is 7. The van der Waals surface area contributed by atoms with Crippen LogP contribution in [0, 0.1) is 20.2 Å². The van der Waals surface area contributed by atoms with E-state index in [1.165, 1.54) is 0 Å². The number of amides is 4. The van der Waals surface area contributed by atoms with Gasteiger partial charge in [0.25, 0.3) is 23.2 Å². The van der Waals surface area contributed by atoms with E-state index in [1.54, 1.807) is 0 Å². The first-order valence-electron chi connectivity index (χ1n) is 10.7. The summed E-state index contributed by atoms with van der Waals surface area (Å²) in [7, 11) is 0. The predicted molar refractivity (Wildman–Crippen MR) is 129 cm³/mol. The summed E-state index contributed by atoms with van der Waals surface area (Å²) >= 11 is 0. The molecule has 8 N–H and O–H groups in total. The number of rotatable bonds is 12. The van der Waals surface area contributed by atoms with Gasteiger partial charge in [-0.25, -0.2) is 4.79 Å². The molecule has 17 nitrogen and oxygen atoms in total. The molecule has 0 fully saturated rings. The number of aliphatic hydroxyl groups excluding tert-OH is 4. The van der Waals surface area contributed by atoms with Crippen molar-refractivity contribution in [2.75, 3.05) is 31.2 Å². The van der Waals surface area contributed by atoms with E-state index in [1.807, 2.05) is 0 Å². The van der Waals surface area contributed by atoms with E-state index >= 15 is 0 Å². The Morgan fingerprint density at radius 2 is 1.16 bits per heavy atom. The van der Waals surface area contributed by atoms with Gasteiger partial charge in [0, 0.05) is 48.5 Å². The molecule has 2 atom stereocenters. The molecule has 0 aliphatic carbocycles. The Kier molecular flexibility index (Phi) is 10.1. The second-order valence-electron chi connectivity index (χ2n) is 7.76. The van der Waals surface area contributed by atoms with Gasteiger partial charge in [0.1, 0.15) is 0 Å². The average molecular weight is 536 g/mol. The number of nitrogens with zero attached hydrogens (tertiary/aromatic N) is 3. The van der Waals surface area contributed by atoms with Crippen LogP contribution in [0.25, 0.3) is 0 Å². The summed E-state index contributed by atoms with van der Waals surface area (Å²) in [6.45, 7) is -2.14. The lowest BCUT2D eigenvalue weighted by molar-refractivity contribution is -0.384. The minimum absolute atomic E-state index is 0.355. The molecular formula is C21H24N6O11. The van der Waals surface area contributed by atoms with Gasteiger partial charge in [0.2, 0.25) is 0 Å². The first-order valence-corrected chi connectivity index (χ1v) is 10.7. The number of carbonyl (C=O) groups excluding carboxylic acids is 3. The Morgan fingerprint density at radius 1 is 0.789 bits per heavy atom. The van der Waals surface area contributed by atoms with Gasteiger partial charge in [-0.05, 0) is 12.1 Å². The zero-order valence-electron chi connectivity index (χ0n) is 19.5. The van der Waals surface area contributed by atoms with Crippen molar-refractivity contribution in [3.63, 3.8) is 0 Å². The van der Waals surface area contributed by atoms with E-state index in [0.29, 0.717) is 4.90 Å². The minimum atomic E-state index is -1.31. The zero-order chi connectivity index (χ0) is 28.6. The number of nitro groups is 2. The quantitative estimate of drug-likeness (QED) is 0.126. The van der Waals surface area contributed by atoms with E-state index in [2.05, 4.69) is 10.6 Å². The molecule has 0 aliphatic heterocycles. The van der Waals surface area contributed by atoms with Crippen molar-refractivity contribution in [3.05, 3.63) is 67.8 Å². The van der Waals surface area contributed by atoms with Gasteiger partial charge in [-0.1, -0.05) is 0 Å². The lowest BCUT2D eigenvalue weighted by Gasteiger charge is -2.22. The van der Waals surface area contributed by atoms with Crippen molar-refractivity contribution in [2.45, 2.75) is 12.2 Å². The van der Waals surface area contributed by atoms with Gasteiger partial charge in [-0.2, -0.15) is 0 Å². The van der Waals surface area contributed by atoms with Gasteiger partial charge < -0.3 is 36.8 Å². The first kappa shape index (κ1) is 29.5. The Balaban J connectivity index is 2.61. The molecule has 38 heavy (non-hydrogen) atoms. The maximum absolute atomic E-state index is 12.5. The summed E-state index contributed by atoms with van der Waals surface area (Å²) in [5, 5.41) is 64.1. The lowest BCUT2D eigenvalue weighted by atomic mass is 10.1. The van der Waals surface area contributed by atoms with E-state index in [-0.39, 0.29) is 22.5 Å². The van der Waals surface area contributed by atoms with Gasteiger partial charge in [-0.3, -0.25) is 34.7 Å². The number of non-ortho nitro benzene ring substituents is 2. The van der Waals surface area contributed by atoms with Crippen molar-refractivity contribution in [1.29, 1.82) is 0 Å². The van der Waals surface area contributed by atoms with Crippen LogP contribution in [0.4, 0.5) is 27.5 Å². The zero-order valence-corrected chi connectivity index (χ0v) is 19.5. The Labute approximate surface area is 213 Å². The molecule has 2 rings (SSSR count). The van der Waals surface area contributed by atoms with Crippen LogP contribution in [-0.4, -0.2) is 86.6 Å². The normalized spacial score (nSPS) is 12.2. The largest absolute Gasteiger partial charge is 0.394 e. The average Bonchev–Trinajstić information content (AvgIpc) is 2.89. The number of nitrogens with one attached hydrogen (secondary N) is 2. The number of primary amides is 1. The van der Waals surface area contributed by atoms with Crippen LogP contribution in [0.3, 0.4) is 0 Å². The van der Waals surface area contributed by atoms with Crippen LogP contribution in [0.2, 0.25) is 0 Å². The number of urea groups is 1. The summed E-state index contributed by atoms with van der Waals surface area (Å²) in [6, 6.07) is 4.18. The van der Waals surface area contributed by atoms with Crippen molar-refractivity contribution >= 4 is 40.6 Å². The topological polar surface area (TPSA) is 272 Å². The molecule has 17 heteroatoms. The van der Waals surface area contributed by atoms with E-state index in [0.717, 1.165) is 36.4 Å². The molecular weight excluding hydrogens is 512 g/mol.